The van der Waals surface area contributed by atoms with Crippen LogP contribution in [0.4, 0.5) is 0 Å². The molecule has 0 radical (unpaired) electrons. The molecule has 0 bridgehead atoms. The second-order valence-electron chi connectivity index (χ2n) is 4.44. The Labute approximate surface area is 120 Å². The number of aryl methyl sites for hydroxylation is 1. The Kier molecular flexibility index (Phi) is 3.64. The fourth-order valence-corrected chi connectivity index (χ4v) is 2.76. The number of ether oxygens (including phenoxy) is 2. The average molecular weight is 290 g/mol. The SMILES string of the molecule is CCc1nnsc1C(=O)c1ccc2c(c1)OCCCO2. The standard InChI is InChI=1S/C14H14N2O3S/c1-2-10-14(20-16-15-10)13(17)9-4-5-11-12(8-9)19-7-3-6-18-11/h4-5,8H,2-3,6-7H2,1H3. The summed E-state index contributed by atoms with van der Waals surface area (Å²) >= 11 is 1.14. The molecule has 1 aliphatic heterocycles. The number of fused-ring (bicyclic) bond motifs is 1. The van der Waals surface area contributed by atoms with Crippen LogP contribution in [0.15, 0.2) is 18.2 Å². The van der Waals surface area contributed by atoms with E-state index in [0.29, 0.717) is 41.6 Å². The molecule has 0 spiro atoms. The third-order valence-corrected chi connectivity index (χ3v) is 3.87. The molecule has 20 heavy (non-hydrogen) atoms. The lowest BCUT2D eigenvalue weighted by molar-refractivity contribution is 0.104. The molecule has 0 atom stereocenters. The van der Waals surface area contributed by atoms with Gasteiger partial charge in [-0.1, -0.05) is 11.4 Å². The van der Waals surface area contributed by atoms with Crippen molar-refractivity contribution in [1.29, 1.82) is 0 Å². The van der Waals surface area contributed by atoms with Crippen LogP contribution in [0.5, 0.6) is 11.5 Å². The molecular weight excluding hydrogens is 276 g/mol. The van der Waals surface area contributed by atoms with Crippen LogP contribution in [0.3, 0.4) is 0 Å². The number of benzene rings is 1. The van der Waals surface area contributed by atoms with Gasteiger partial charge in [0.2, 0.25) is 5.78 Å². The molecule has 0 fully saturated rings. The Bertz CT molecular complexity index is 639. The van der Waals surface area contributed by atoms with Crippen LogP contribution in [0, 0.1) is 0 Å². The summed E-state index contributed by atoms with van der Waals surface area (Å²) in [5.74, 6) is 1.26. The van der Waals surface area contributed by atoms with Gasteiger partial charge in [-0.05, 0) is 36.2 Å². The molecule has 0 N–H and O–H groups in total. The summed E-state index contributed by atoms with van der Waals surface area (Å²) < 4.78 is 15.0. The van der Waals surface area contributed by atoms with Crippen molar-refractivity contribution in [3.8, 4) is 11.5 Å². The van der Waals surface area contributed by atoms with Gasteiger partial charge in [0.1, 0.15) is 4.88 Å². The lowest BCUT2D eigenvalue weighted by Gasteiger charge is -2.08. The highest BCUT2D eigenvalue weighted by atomic mass is 32.1. The minimum Gasteiger partial charge on any atom is -0.490 e. The predicted octanol–water partition coefficient (Wildman–Crippen LogP) is 2.49. The molecule has 3 rings (SSSR count). The number of carbonyl (C=O) groups excluding carboxylic acids is 1. The maximum absolute atomic E-state index is 12.5. The molecule has 2 aromatic rings. The van der Waals surface area contributed by atoms with Gasteiger partial charge < -0.3 is 9.47 Å². The normalized spacial score (nSPS) is 13.8. The van der Waals surface area contributed by atoms with Crippen molar-refractivity contribution in [3.63, 3.8) is 0 Å². The van der Waals surface area contributed by atoms with E-state index < -0.39 is 0 Å². The largest absolute Gasteiger partial charge is 0.490 e. The van der Waals surface area contributed by atoms with Gasteiger partial charge in [0, 0.05) is 12.0 Å². The highest BCUT2D eigenvalue weighted by Gasteiger charge is 2.19. The summed E-state index contributed by atoms with van der Waals surface area (Å²) in [6.07, 6.45) is 1.54. The van der Waals surface area contributed by atoms with Gasteiger partial charge in [-0.25, -0.2) is 0 Å². The third-order valence-electron chi connectivity index (χ3n) is 3.11. The fourth-order valence-electron chi connectivity index (χ4n) is 2.05. The van der Waals surface area contributed by atoms with Crippen molar-refractivity contribution in [2.75, 3.05) is 13.2 Å². The zero-order valence-electron chi connectivity index (χ0n) is 11.1. The van der Waals surface area contributed by atoms with E-state index in [4.69, 9.17) is 9.47 Å². The van der Waals surface area contributed by atoms with Crippen LogP contribution < -0.4 is 9.47 Å². The maximum atomic E-state index is 12.5. The minimum atomic E-state index is -0.0625. The van der Waals surface area contributed by atoms with Gasteiger partial charge in [0.15, 0.2) is 11.5 Å². The first kappa shape index (κ1) is 13.1. The molecule has 1 aromatic heterocycles. The van der Waals surface area contributed by atoms with Crippen LogP contribution in [-0.4, -0.2) is 28.6 Å². The molecule has 1 aliphatic rings. The summed E-state index contributed by atoms with van der Waals surface area (Å²) in [6.45, 7) is 3.20. The van der Waals surface area contributed by atoms with Gasteiger partial charge in [-0.2, -0.15) is 0 Å². The Balaban J connectivity index is 1.94. The molecular formula is C14H14N2O3S. The number of aromatic nitrogens is 2. The van der Waals surface area contributed by atoms with Crippen molar-refractivity contribution in [3.05, 3.63) is 34.3 Å². The van der Waals surface area contributed by atoms with E-state index in [1.165, 1.54) is 0 Å². The van der Waals surface area contributed by atoms with Crippen LogP contribution in [0.2, 0.25) is 0 Å². The smallest absolute Gasteiger partial charge is 0.206 e. The van der Waals surface area contributed by atoms with Crippen molar-refractivity contribution in [2.24, 2.45) is 0 Å². The van der Waals surface area contributed by atoms with E-state index in [0.717, 1.165) is 23.6 Å². The van der Waals surface area contributed by atoms with Crippen LogP contribution in [-0.2, 0) is 6.42 Å². The molecule has 0 saturated heterocycles. The first-order valence-corrected chi connectivity index (χ1v) is 7.32. The van der Waals surface area contributed by atoms with Crippen LogP contribution in [0.25, 0.3) is 0 Å². The Hall–Kier alpha value is -1.95. The summed E-state index contributed by atoms with van der Waals surface area (Å²) in [4.78, 5) is 13.1. The van der Waals surface area contributed by atoms with E-state index in [9.17, 15) is 4.79 Å². The van der Waals surface area contributed by atoms with Gasteiger partial charge in [-0.3, -0.25) is 4.79 Å². The molecule has 5 nitrogen and oxygen atoms in total. The summed E-state index contributed by atoms with van der Waals surface area (Å²) in [7, 11) is 0. The van der Waals surface area contributed by atoms with Gasteiger partial charge in [0.25, 0.3) is 0 Å². The molecule has 104 valence electrons. The molecule has 6 heteroatoms. The van der Waals surface area contributed by atoms with Crippen LogP contribution >= 0.6 is 11.5 Å². The van der Waals surface area contributed by atoms with Gasteiger partial charge in [-0.15, -0.1) is 5.10 Å². The first-order chi connectivity index (χ1) is 9.79. The molecule has 0 unspecified atom stereocenters. The molecule has 0 aliphatic carbocycles. The quantitative estimate of drug-likeness (QED) is 0.813. The van der Waals surface area contributed by atoms with Crippen molar-refractivity contribution in [2.45, 2.75) is 19.8 Å². The molecule has 0 amide bonds. The highest BCUT2D eigenvalue weighted by Crippen LogP contribution is 2.31. The van der Waals surface area contributed by atoms with Crippen molar-refractivity contribution >= 4 is 17.3 Å². The number of carbonyl (C=O) groups is 1. The zero-order valence-corrected chi connectivity index (χ0v) is 11.9. The van der Waals surface area contributed by atoms with Crippen molar-refractivity contribution in [1.82, 2.24) is 9.59 Å². The topological polar surface area (TPSA) is 61.3 Å². The van der Waals surface area contributed by atoms with Gasteiger partial charge >= 0.3 is 0 Å². The number of nitrogens with zero attached hydrogens (tertiary/aromatic N) is 2. The lowest BCUT2D eigenvalue weighted by atomic mass is 10.1. The third kappa shape index (κ3) is 2.38. The predicted molar refractivity (Wildman–Crippen MR) is 74.8 cm³/mol. The summed E-state index contributed by atoms with van der Waals surface area (Å²) in [6, 6.07) is 5.28. The monoisotopic (exact) mass is 290 g/mol. The summed E-state index contributed by atoms with van der Waals surface area (Å²) in [5.41, 5.74) is 1.32. The van der Waals surface area contributed by atoms with E-state index >= 15 is 0 Å². The molecule has 2 heterocycles. The molecule has 1 aromatic carbocycles. The Morgan fingerprint density at radius 1 is 1.30 bits per heavy atom. The highest BCUT2D eigenvalue weighted by molar-refractivity contribution is 7.08. The lowest BCUT2D eigenvalue weighted by Crippen LogP contribution is -2.03. The maximum Gasteiger partial charge on any atom is 0.206 e. The molecule has 0 saturated carbocycles. The second-order valence-corrected chi connectivity index (χ2v) is 5.20. The fraction of sp³-hybridized carbons (Fsp3) is 0.357. The van der Waals surface area contributed by atoms with E-state index in [-0.39, 0.29) is 5.78 Å². The second kappa shape index (κ2) is 5.58. The number of rotatable bonds is 3. The number of ketones is 1. The Morgan fingerprint density at radius 2 is 2.10 bits per heavy atom. The minimum absolute atomic E-state index is 0.0625. The number of hydrogen-bond acceptors (Lipinski definition) is 6. The zero-order chi connectivity index (χ0) is 13.9. The Morgan fingerprint density at radius 3 is 2.90 bits per heavy atom. The first-order valence-electron chi connectivity index (χ1n) is 6.55. The summed E-state index contributed by atoms with van der Waals surface area (Å²) in [5, 5.41) is 3.98. The van der Waals surface area contributed by atoms with Crippen molar-refractivity contribution < 1.29 is 14.3 Å². The van der Waals surface area contributed by atoms with Gasteiger partial charge in [0.05, 0.1) is 18.9 Å². The number of hydrogen-bond donors (Lipinski definition) is 0. The van der Waals surface area contributed by atoms with E-state index in [1.807, 2.05) is 6.92 Å². The van der Waals surface area contributed by atoms with E-state index in [1.54, 1.807) is 18.2 Å². The average Bonchev–Trinajstić information content (AvgIpc) is 2.83. The van der Waals surface area contributed by atoms with E-state index in [2.05, 4.69) is 9.59 Å². The van der Waals surface area contributed by atoms with Crippen LogP contribution in [0.1, 0.15) is 34.3 Å².